The van der Waals surface area contributed by atoms with Crippen LogP contribution in [0.15, 0.2) is 36.5 Å². The van der Waals surface area contributed by atoms with E-state index in [2.05, 4.69) is 10.3 Å². The molecule has 1 aromatic heterocycles. The summed E-state index contributed by atoms with van der Waals surface area (Å²) in [5.74, 6) is -0.773. The number of para-hydroxylation sites is 1. The summed E-state index contributed by atoms with van der Waals surface area (Å²) in [4.78, 5) is 17.8. The third-order valence-electron chi connectivity index (χ3n) is 3.73. The number of carboxylic acids is 1. The third kappa shape index (κ3) is 2.50. The maximum Gasteiger partial charge on any atom is 0.322 e. The Hall–Kier alpha value is -1.98. The molecule has 5 heteroatoms. The average Bonchev–Trinajstić information content (AvgIpc) is 2.48. The molecule has 104 valence electrons. The van der Waals surface area contributed by atoms with Crippen LogP contribution in [0.1, 0.15) is 5.56 Å². The number of nitrogens with one attached hydrogen (secondary N) is 1. The lowest BCUT2D eigenvalue weighted by Gasteiger charge is -2.33. The van der Waals surface area contributed by atoms with E-state index in [1.54, 1.807) is 6.20 Å². The zero-order chi connectivity index (χ0) is 13.9. The van der Waals surface area contributed by atoms with Gasteiger partial charge in [0, 0.05) is 37.8 Å². The number of aromatic nitrogens is 1. The Balaban J connectivity index is 1.90. The number of pyridine rings is 1. The quantitative estimate of drug-likeness (QED) is 0.875. The lowest BCUT2D eigenvalue weighted by atomic mass is 10.1. The van der Waals surface area contributed by atoms with Gasteiger partial charge in [0.2, 0.25) is 0 Å². The zero-order valence-corrected chi connectivity index (χ0v) is 11.1. The second kappa shape index (κ2) is 5.56. The lowest BCUT2D eigenvalue weighted by Crippen LogP contribution is -2.54. The highest BCUT2D eigenvalue weighted by atomic mass is 16.4. The van der Waals surface area contributed by atoms with Gasteiger partial charge in [0.1, 0.15) is 6.04 Å². The number of fused-ring (bicyclic) bond motifs is 1. The van der Waals surface area contributed by atoms with E-state index in [1.807, 2.05) is 35.2 Å². The first kappa shape index (κ1) is 13.0. The summed E-state index contributed by atoms with van der Waals surface area (Å²) in [6.45, 7) is 2.67. The Kier molecular flexibility index (Phi) is 3.62. The van der Waals surface area contributed by atoms with Crippen molar-refractivity contribution in [3.63, 3.8) is 0 Å². The summed E-state index contributed by atoms with van der Waals surface area (Å²) >= 11 is 0. The normalized spacial score (nSPS) is 20.1. The molecule has 0 saturated carbocycles. The van der Waals surface area contributed by atoms with Crippen molar-refractivity contribution in [1.29, 1.82) is 0 Å². The third-order valence-corrected chi connectivity index (χ3v) is 3.73. The monoisotopic (exact) mass is 271 g/mol. The van der Waals surface area contributed by atoms with Gasteiger partial charge < -0.3 is 10.4 Å². The molecular weight excluding hydrogens is 254 g/mol. The summed E-state index contributed by atoms with van der Waals surface area (Å²) in [5, 5.41) is 13.5. The van der Waals surface area contributed by atoms with Gasteiger partial charge in [-0.25, -0.2) is 0 Å². The SMILES string of the molecule is O=C(O)C1CNCCN1Cc1cccc2cccnc12. The molecule has 1 aliphatic rings. The van der Waals surface area contributed by atoms with Crippen LogP contribution in [0.5, 0.6) is 0 Å². The Morgan fingerprint density at radius 3 is 3.10 bits per heavy atom. The van der Waals surface area contributed by atoms with E-state index >= 15 is 0 Å². The lowest BCUT2D eigenvalue weighted by molar-refractivity contribution is -0.144. The summed E-state index contributed by atoms with van der Waals surface area (Å²) in [6, 6.07) is 9.52. The molecule has 0 aliphatic carbocycles. The summed E-state index contributed by atoms with van der Waals surface area (Å²) < 4.78 is 0. The molecule has 0 amide bonds. The van der Waals surface area contributed by atoms with Crippen molar-refractivity contribution in [1.82, 2.24) is 15.2 Å². The van der Waals surface area contributed by atoms with E-state index in [0.717, 1.165) is 29.6 Å². The molecule has 1 aliphatic heterocycles. The molecular formula is C15H17N3O2. The summed E-state index contributed by atoms with van der Waals surface area (Å²) in [6.07, 6.45) is 1.78. The fourth-order valence-electron chi connectivity index (χ4n) is 2.69. The summed E-state index contributed by atoms with van der Waals surface area (Å²) in [5.41, 5.74) is 2.04. The minimum atomic E-state index is -0.773. The number of rotatable bonds is 3. The first-order chi connectivity index (χ1) is 9.75. The predicted molar refractivity (Wildman–Crippen MR) is 76.4 cm³/mol. The van der Waals surface area contributed by atoms with Crippen molar-refractivity contribution in [2.45, 2.75) is 12.6 Å². The number of piperazine rings is 1. The van der Waals surface area contributed by atoms with Crippen molar-refractivity contribution in [2.75, 3.05) is 19.6 Å². The maximum atomic E-state index is 11.3. The van der Waals surface area contributed by atoms with Crippen LogP contribution in [0.4, 0.5) is 0 Å². The van der Waals surface area contributed by atoms with E-state index in [0.29, 0.717) is 13.1 Å². The van der Waals surface area contributed by atoms with E-state index < -0.39 is 12.0 Å². The van der Waals surface area contributed by atoms with Crippen LogP contribution in [0.25, 0.3) is 10.9 Å². The van der Waals surface area contributed by atoms with Crippen molar-refractivity contribution >= 4 is 16.9 Å². The highest BCUT2D eigenvalue weighted by Crippen LogP contribution is 2.19. The van der Waals surface area contributed by atoms with Gasteiger partial charge in [-0.15, -0.1) is 0 Å². The molecule has 20 heavy (non-hydrogen) atoms. The molecule has 2 N–H and O–H groups in total. The van der Waals surface area contributed by atoms with Gasteiger partial charge in [0.15, 0.2) is 0 Å². The van der Waals surface area contributed by atoms with E-state index in [9.17, 15) is 9.90 Å². The molecule has 2 heterocycles. The van der Waals surface area contributed by atoms with E-state index in [1.165, 1.54) is 0 Å². The topological polar surface area (TPSA) is 65.5 Å². The molecule has 1 saturated heterocycles. The fourth-order valence-corrected chi connectivity index (χ4v) is 2.69. The number of benzene rings is 1. The molecule has 1 aromatic carbocycles. The van der Waals surface area contributed by atoms with Gasteiger partial charge in [0.25, 0.3) is 0 Å². The Morgan fingerprint density at radius 2 is 2.25 bits per heavy atom. The maximum absolute atomic E-state index is 11.3. The van der Waals surface area contributed by atoms with Gasteiger partial charge in [0.05, 0.1) is 5.52 Å². The van der Waals surface area contributed by atoms with Crippen molar-refractivity contribution in [2.24, 2.45) is 0 Å². The molecule has 1 unspecified atom stereocenters. The molecule has 0 radical (unpaired) electrons. The molecule has 0 bridgehead atoms. The first-order valence-electron chi connectivity index (χ1n) is 6.76. The predicted octanol–water partition coefficient (Wildman–Crippen LogP) is 1.09. The van der Waals surface area contributed by atoms with Crippen molar-refractivity contribution < 1.29 is 9.90 Å². The summed E-state index contributed by atoms with van der Waals surface area (Å²) in [7, 11) is 0. The number of hydrogen-bond donors (Lipinski definition) is 2. The van der Waals surface area contributed by atoms with Crippen LogP contribution in [0.2, 0.25) is 0 Å². The van der Waals surface area contributed by atoms with Crippen LogP contribution in [-0.4, -0.2) is 46.6 Å². The number of aliphatic carboxylic acids is 1. The van der Waals surface area contributed by atoms with Crippen molar-refractivity contribution in [3.8, 4) is 0 Å². The Morgan fingerprint density at radius 1 is 1.40 bits per heavy atom. The molecule has 3 rings (SSSR count). The second-order valence-electron chi connectivity index (χ2n) is 5.02. The van der Waals surface area contributed by atoms with E-state index in [4.69, 9.17) is 0 Å². The average molecular weight is 271 g/mol. The largest absolute Gasteiger partial charge is 0.480 e. The second-order valence-corrected chi connectivity index (χ2v) is 5.02. The van der Waals surface area contributed by atoms with Crippen molar-refractivity contribution in [3.05, 3.63) is 42.1 Å². The number of nitrogens with zero attached hydrogens (tertiary/aromatic N) is 2. The highest BCUT2D eigenvalue weighted by Gasteiger charge is 2.28. The van der Waals surface area contributed by atoms with Crippen LogP contribution < -0.4 is 5.32 Å². The fraction of sp³-hybridized carbons (Fsp3) is 0.333. The Labute approximate surface area is 117 Å². The standard InChI is InChI=1S/C15H17N3O2/c19-15(20)13-9-16-7-8-18(13)10-12-4-1-3-11-5-2-6-17-14(11)12/h1-6,13,16H,7-10H2,(H,19,20). The molecule has 1 fully saturated rings. The number of hydrogen-bond acceptors (Lipinski definition) is 4. The molecule has 2 aromatic rings. The van der Waals surface area contributed by atoms with E-state index in [-0.39, 0.29) is 0 Å². The van der Waals surface area contributed by atoms with Crippen LogP contribution >= 0.6 is 0 Å². The molecule has 0 spiro atoms. The van der Waals surface area contributed by atoms with Crippen LogP contribution in [0.3, 0.4) is 0 Å². The highest BCUT2D eigenvalue weighted by molar-refractivity contribution is 5.81. The first-order valence-corrected chi connectivity index (χ1v) is 6.76. The van der Waals surface area contributed by atoms with Gasteiger partial charge >= 0.3 is 5.97 Å². The van der Waals surface area contributed by atoms with Crippen LogP contribution in [-0.2, 0) is 11.3 Å². The van der Waals surface area contributed by atoms with Crippen LogP contribution in [0, 0.1) is 0 Å². The number of carbonyl (C=O) groups is 1. The minimum absolute atomic E-state index is 0.470. The zero-order valence-electron chi connectivity index (χ0n) is 11.1. The minimum Gasteiger partial charge on any atom is -0.480 e. The van der Waals surface area contributed by atoms with Gasteiger partial charge in [-0.05, 0) is 11.6 Å². The molecule has 1 atom stereocenters. The molecule has 5 nitrogen and oxygen atoms in total. The van der Waals surface area contributed by atoms with Gasteiger partial charge in [-0.1, -0.05) is 24.3 Å². The Bertz CT molecular complexity index is 624. The van der Waals surface area contributed by atoms with Gasteiger partial charge in [-0.2, -0.15) is 0 Å². The van der Waals surface area contributed by atoms with Gasteiger partial charge in [-0.3, -0.25) is 14.7 Å². The number of carboxylic acid groups (broad SMARTS) is 1. The smallest absolute Gasteiger partial charge is 0.322 e.